The number of nitrogens with zero attached hydrogens (tertiary/aromatic N) is 3. The lowest BCUT2D eigenvalue weighted by molar-refractivity contribution is 0.102. The third-order valence-corrected chi connectivity index (χ3v) is 5.05. The van der Waals surface area contributed by atoms with Crippen molar-refractivity contribution < 1.29 is 4.79 Å². The van der Waals surface area contributed by atoms with Crippen LogP contribution in [0.15, 0.2) is 48.9 Å². The van der Waals surface area contributed by atoms with Gasteiger partial charge in [-0.3, -0.25) is 9.78 Å². The maximum atomic E-state index is 12.7. The van der Waals surface area contributed by atoms with Crippen molar-refractivity contribution in [1.29, 1.82) is 0 Å². The zero-order valence-corrected chi connectivity index (χ0v) is 16.1. The second kappa shape index (κ2) is 7.69. The van der Waals surface area contributed by atoms with Gasteiger partial charge >= 0.3 is 0 Å². The van der Waals surface area contributed by atoms with E-state index in [2.05, 4.69) is 38.6 Å². The van der Waals surface area contributed by atoms with Gasteiger partial charge in [0.2, 0.25) is 0 Å². The first-order valence-corrected chi connectivity index (χ1v) is 9.52. The van der Waals surface area contributed by atoms with Crippen LogP contribution in [-0.4, -0.2) is 20.4 Å². The van der Waals surface area contributed by atoms with E-state index in [4.69, 9.17) is 0 Å². The van der Waals surface area contributed by atoms with Crippen LogP contribution >= 0.6 is 0 Å². The predicted octanol–water partition coefficient (Wildman–Crippen LogP) is 4.14. The van der Waals surface area contributed by atoms with Crippen molar-refractivity contribution in [1.82, 2.24) is 14.5 Å². The zero-order valence-electron chi connectivity index (χ0n) is 16.1. The summed E-state index contributed by atoms with van der Waals surface area (Å²) in [6, 6.07) is 9.75. The van der Waals surface area contributed by atoms with Crippen molar-refractivity contribution >= 4 is 11.7 Å². The van der Waals surface area contributed by atoms with Crippen LogP contribution in [0.25, 0.3) is 0 Å². The van der Waals surface area contributed by atoms with E-state index in [0.29, 0.717) is 17.4 Å². The Morgan fingerprint density at radius 2 is 2.18 bits per heavy atom. The number of carbonyl (C=O) groups excluding carboxylic acids is 1. The van der Waals surface area contributed by atoms with Crippen molar-refractivity contribution in [2.45, 2.75) is 39.2 Å². The number of aromatic nitrogens is 3. The van der Waals surface area contributed by atoms with E-state index in [1.54, 1.807) is 12.4 Å². The molecule has 5 nitrogen and oxygen atoms in total. The van der Waals surface area contributed by atoms with E-state index < -0.39 is 0 Å². The van der Waals surface area contributed by atoms with E-state index >= 15 is 0 Å². The number of fused-ring (bicyclic) bond motifs is 1. The molecule has 3 heterocycles. The number of hydrogen-bond donors (Lipinski definition) is 1. The minimum absolute atomic E-state index is 0.174. The van der Waals surface area contributed by atoms with Crippen molar-refractivity contribution in [2.75, 3.05) is 5.32 Å². The number of imidazole rings is 1. The van der Waals surface area contributed by atoms with Gasteiger partial charge in [-0.05, 0) is 56.5 Å². The Hall–Kier alpha value is -3.39. The van der Waals surface area contributed by atoms with Crippen LogP contribution in [0.4, 0.5) is 5.82 Å². The van der Waals surface area contributed by atoms with Gasteiger partial charge in [0, 0.05) is 47.7 Å². The lowest BCUT2D eigenvalue weighted by Gasteiger charge is -2.20. The molecule has 4 rings (SSSR count). The molecule has 1 N–H and O–H groups in total. The Bertz CT molecular complexity index is 1070. The summed E-state index contributed by atoms with van der Waals surface area (Å²) in [6.45, 7) is 4.17. The zero-order chi connectivity index (χ0) is 19.5. The highest BCUT2D eigenvalue weighted by Crippen LogP contribution is 2.26. The van der Waals surface area contributed by atoms with Crippen LogP contribution in [0, 0.1) is 18.8 Å². The summed E-state index contributed by atoms with van der Waals surface area (Å²) < 4.78 is 2.17. The van der Waals surface area contributed by atoms with Gasteiger partial charge in [0.15, 0.2) is 5.82 Å². The second-order valence-corrected chi connectivity index (χ2v) is 7.17. The van der Waals surface area contributed by atoms with Crippen LogP contribution in [-0.2, 0) is 6.42 Å². The first-order valence-electron chi connectivity index (χ1n) is 9.52. The Morgan fingerprint density at radius 3 is 2.96 bits per heavy atom. The van der Waals surface area contributed by atoms with E-state index in [1.165, 1.54) is 0 Å². The molecule has 1 aliphatic heterocycles. The van der Waals surface area contributed by atoms with Gasteiger partial charge in [-0.15, -0.1) is 0 Å². The number of nitrogens with one attached hydrogen (secondary N) is 1. The third-order valence-electron chi connectivity index (χ3n) is 5.05. The molecule has 140 valence electrons. The van der Waals surface area contributed by atoms with Gasteiger partial charge in [-0.25, -0.2) is 4.98 Å². The van der Waals surface area contributed by atoms with Crippen molar-refractivity contribution in [3.63, 3.8) is 0 Å². The Labute approximate surface area is 164 Å². The minimum atomic E-state index is -0.174. The Morgan fingerprint density at radius 1 is 1.29 bits per heavy atom. The summed E-state index contributed by atoms with van der Waals surface area (Å²) in [5, 5.41) is 2.93. The molecule has 0 spiro atoms. The number of anilines is 1. The fraction of sp³-hybridized carbons (Fsp3) is 0.261. The molecule has 0 saturated carbocycles. The Kier molecular flexibility index (Phi) is 4.94. The second-order valence-electron chi connectivity index (χ2n) is 7.17. The number of aryl methyl sites for hydroxylation is 2. The largest absolute Gasteiger partial charge is 0.330 e. The average Bonchev–Trinajstić information content (AvgIpc) is 3.12. The predicted molar refractivity (Wildman–Crippen MR) is 109 cm³/mol. The molecule has 1 amide bonds. The molecule has 0 bridgehead atoms. The number of hydrogen-bond acceptors (Lipinski definition) is 3. The highest BCUT2D eigenvalue weighted by atomic mass is 16.1. The van der Waals surface area contributed by atoms with Gasteiger partial charge in [-0.1, -0.05) is 17.9 Å². The molecule has 0 radical (unpaired) electrons. The molecule has 1 aromatic carbocycles. The quantitative estimate of drug-likeness (QED) is 0.690. The van der Waals surface area contributed by atoms with E-state index in [9.17, 15) is 4.79 Å². The van der Waals surface area contributed by atoms with Gasteiger partial charge in [0.05, 0.1) is 0 Å². The number of amides is 1. The topological polar surface area (TPSA) is 59.8 Å². The molecule has 3 aromatic rings. The summed E-state index contributed by atoms with van der Waals surface area (Å²) in [5.41, 5.74) is 3.27. The molecule has 1 unspecified atom stereocenters. The molecule has 5 heteroatoms. The highest BCUT2D eigenvalue weighted by Gasteiger charge is 2.19. The number of benzene rings is 1. The normalized spacial score (nSPS) is 15.3. The summed E-state index contributed by atoms with van der Waals surface area (Å²) in [6.07, 6.45) is 8.62. The third kappa shape index (κ3) is 3.81. The van der Waals surface area contributed by atoms with Crippen molar-refractivity contribution in [2.24, 2.45) is 0 Å². The maximum absolute atomic E-state index is 12.7. The smallest absolute Gasteiger partial charge is 0.256 e. The number of carbonyl (C=O) groups is 1. The van der Waals surface area contributed by atoms with Crippen molar-refractivity contribution in [3.8, 4) is 11.8 Å². The van der Waals surface area contributed by atoms with E-state index in [1.807, 2.05) is 43.5 Å². The lowest BCUT2D eigenvalue weighted by Crippen LogP contribution is -2.14. The van der Waals surface area contributed by atoms with E-state index in [-0.39, 0.29) is 5.91 Å². The molecule has 0 saturated heterocycles. The standard InChI is InChI=1S/C23H22N4O/c1-16-8-10-20(13-19(16)11-9-18-6-4-12-24-14-18)23(28)26-21-15-27-17(2)5-3-7-22(27)25-21/h4,6,8,10,12-15,17H,3,5,7H2,1-2H3,(H,26,28). The summed E-state index contributed by atoms with van der Waals surface area (Å²) >= 11 is 0. The van der Waals surface area contributed by atoms with E-state index in [0.717, 1.165) is 41.8 Å². The minimum Gasteiger partial charge on any atom is -0.330 e. The van der Waals surface area contributed by atoms with Gasteiger partial charge in [0.1, 0.15) is 5.82 Å². The summed E-state index contributed by atoms with van der Waals surface area (Å²) in [5.74, 6) is 7.72. The number of rotatable bonds is 2. The molecule has 1 atom stereocenters. The average molecular weight is 370 g/mol. The maximum Gasteiger partial charge on any atom is 0.256 e. The Balaban J connectivity index is 1.55. The fourth-order valence-electron chi connectivity index (χ4n) is 3.42. The first-order chi connectivity index (χ1) is 13.6. The van der Waals surface area contributed by atoms with Crippen molar-refractivity contribution in [3.05, 3.63) is 77.0 Å². The highest BCUT2D eigenvalue weighted by molar-refractivity contribution is 6.04. The molecular weight excluding hydrogens is 348 g/mol. The van der Waals surface area contributed by atoms with Gasteiger partial charge in [0.25, 0.3) is 5.91 Å². The monoisotopic (exact) mass is 370 g/mol. The van der Waals surface area contributed by atoms with Gasteiger partial charge < -0.3 is 9.88 Å². The molecule has 0 aliphatic carbocycles. The lowest BCUT2D eigenvalue weighted by atomic mass is 10.0. The number of pyridine rings is 1. The fourth-order valence-corrected chi connectivity index (χ4v) is 3.42. The van der Waals surface area contributed by atoms with Crippen LogP contribution < -0.4 is 5.32 Å². The molecule has 2 aromatic heterocycles. The van der Waals surface area contributed by atoms with Crippen LogP contribution in [0.3, 0.4) is 0 Å². The molecule has 0 fully saturated rings. The SMILES string of the molecule is Cc1ccc(C(=O)Nc2cn3c(n2)CCCC3C)cc1C#Cc1cccnc1. The van der Waals surface area contributed by atoms with Crippen LogP contribution in [0.2, 0.25) is 0 Å². The summed E-state index contributed by atoms with van der Waals surface area (Å²) in [7, 11) is 0. The van der Waals surface area contributed by atoms with Gasteiger partial charge in [-0.2, -0.15) is 0 Å². The summed E-state index contributed by atoms with van der Waals surface area (Å²) in [4.78, 5) is 21.4. The molecular formula is C23H22N4O. The van der Waals surface area contributed by atoms with Crippen LogP contribution in [0.5, 0.6) is 0 Å². The molecule has 1 aliphatic rings. The first kappa shape index (κ1) is 18.0. The van der Waals surface area contributed by atoms with Crippen LogP contribution in [0.1, 0.15) is 58.7 Å². The molecule has 28 heavy (non-hydrogen) atoms.